The lowest BCUT2D eigenvalue weighted by Crippen LogP contribution is -2.60. The number of allylic oxidation sites excluding steroid dienone is 1. The van der Waals surface area contributed by atoms with E-state index in [0.29, 0.717) is 24.8 Å². The number of amides is 5. The van der Waals surface area contributed by atoms with Crippen LogP contribution in [0.15, 0.2) is 84.9 Å². The van der Waals surface area contributed by atoms with Crippen molar-refractivity contribution in [1.82, 2.24) is 26.6 Å². The molecule has 0 saturated carbocycles. The summed E-state index contributed by atoms with van der Waals surface area (Å²) >= 11 is 0. The summed E-state index contributed by atoms with van der Waals surface area (Å²) in [4.78, 5) is 97.2. The molecule has 12 N–H and O–H groups in total. The van der Waals surface area contributed by atoms with Gasteiger partial charge in [-0.25, -0.2) is 4.79 Å². The predicted octanol–water partition coefficient (Wildman–Crippen LogP) is 1.52. The molecular weight excluding hydrogens is 887 g/mol. The zero-order valence-electron chi connectivity index (χ0n) is 36.7. The lowest BCUT2D eigenvalue weighted by molar-refractivity contribution is -0.142. The highest BCUT2D eigenvalue weighted by atomic mass is 33.1. The van der Waals surface area contributed by atoms with E-state index in [1.165, 1.54) is 19.1 Å². The van der Waals surface area contributed by atoms with Crippen LogP contribution in [0.2, 0.25) is 0 Å². The summed E-state index contributed by atoms with van der Waals surface area (Å²) in [7, 11) is 2.04. The van der Waals surface area contributed by atoms with Crippen LogP contribution in [0.3, 0.4) is 0 Å². The molecule has 19 heteroatoms. The van der Waals surface area contributed by atoms with Crippen molar-refractivity contribution in [3.05, 3.63) is 107 Å². The fourth-order valence-electron chi connectivity index (χ4n) is 7.64. The number of carbonyl (C=O) groups excluding carboxylic acids is 6. The highest BCUT2D eigenvalue weighted by Crippen LogP contribution is 2.31. The average molecular weight is 946 g/mol. The lowest BCUT2D eigenvalue weighted by atomic mass is 9.90. The number of aromatic hydroxyl groups is 1. The Balaban J connectivity index is 1.53. The Kier molecular flexibility index (Phi) is 19.6. The number of aliphatic carboxylic acids is 1. The standard InChI is InChI=1S/C47H59N7O10S2/c1-27(55)41-46(62)53-39(47(63)64)26-66-65-25-38(52-43(59)35(49)22-28-9-3-2-4-10-28)40(57)24-32(21-29-14-18-33(56)19-15-29)42(58)51-37(23-31-17-16-30-11-5-6-12-34(30)31)45(61)50-36(44(60)54-41)13-7-8-20-48/h2-6,9-12,14-15,17-19,27,32,35-39,41,55-56H,7-8,13,16,20-26,48-49H2,1H3,(H,50,61)(H,51,58)(H,52,59)(H,53,62)(H,54,60)(H,63,64)/t27-,32-,35-,36+,37-,38+,39+,41+/m1/s1. The van der Waals surface area contributed by atoms with Gasteiger partial charge in [-0.15, -0.1) is 0 Å². The molecule has 1 fully saturated rings. The van der Waals surface area contributed by atoms with Crippen LogP contribution in [0, 0.1) is 5.92 Å². The first kappa shape index (κ1) is 51.3. The first-order chi connectivity index (χ1) is 31.6. The number of Topliss-reactive ketones (excluding diaryl/α,β-unsaturated/α-hetero) is 1. The number of rotatable bonds is 14. The number of nitrogens with one attached hydrogen (secondary N) is 5. The number of carboxylic acids is 1. The summed E-state index contributed by atoms with van der Waals surface area (Å²) in [5, 5.41) is 44.0. The molecule has 3 aromatic carbocycles. The van der Waals surface area contributed by atoms with Gasteiger partial charge in [-0.1, -0.05) is 94.4 Å². The fourth-order valence-corrected chi connectivity index (χ4v) is 10.00. The van der Waals surface area contributed by atoms with E-state index in [1.54, 1.807) is 24.3 Å². The second-order valence-electron chi connectivity index (χ2n) is 16.5. The van der Waals surface area contributed by atoms with Crippen molar-refractivity contribution in [1.29, 1.82) is 0 Å². The molecular formula is C47H59N7O10S2. The number of hydrogen-bond donors (Lipinski definition) is 10. The van der Waals surface area contributed by atoms with E-state index in [0.717, 1.165) is 43.9 Å². The van der Waals surface area contributed by atoms with Crippen LogP contribution in [0.1, 0.15) is 61.3 Å². The molecule has 1 aliphatic carbocycles. The first-order valence-corrected chi connectivity index (χ1v) is 24.4. The number of hydrogen-bond acceptors (Lipinski definition) is 13. The van der Waals surface area contributed by atoms with Gasteiger partial charge in [0, 0.05) is 30.3 Å². The Morgan fingerprint density at radius 2 is 1.45 bits per heavy atom. The van der Waals surface area contributed by atoms with Crippen molar-refractivity contribution >= 4 is 68.4 Å². The molecule has 66 heavy (non-hydrogen) atoms. The van der Waals surface area contributed by atoms with Crippen molar-refractivity contribution in [3.63, 3.8) is 0 Å². The topological polar surface area (TPSA) is 292 Å². The molecule has 5 amide bonds. The smallest absolute Gasteiger partial charge is 0.327 e. The third-order valence-corrected chi connectivity index (χ3v) is 13.8. The van der Waals surface area contributed by atoms with Gasteiger partial charge in [-0.2, -0.15) is 0 Å². The third kappa shape index (κ3) is 15.2. The van der Waals surface area contributed by atoms with Gasteiger partial charge in [0.2, 0.25) is 29.5 Å². The molecule has 1 heterocycles. The monoisotopic (exact) mass is 945 g/mol. The minimum absolute atomic E-state index is 0.00721. The number of ketones is 1. The third-order valence-electron chi connectivity index (χ3n) is 11.4. The SMILES string of the molecule is C[C@@H](O)[C@@H]1NC(=O)[C@H](CCCCN)NC(=O)[C@@H](CC2=CCc3ccccc32)NC(=O)[C@H](Cc2ccc(O)cc2)CC(=O)[C@@H](NC(=O)[C@H](N)Cc2ccccc2)CSSC[C@@H](C(=O)O)NC1=O. The molecule has 0 radical (unpaired) electrons. The largest absolute Gasteiger partial charge is 0.508 e. The van der Waals surface area contributed by atoms with Crippen LogP contribution in [0.5, 0.6) is 5.75 Å². The van der Waals surface area contributed by atoms with Crippen molar-refractivity contribution < 1.29 is 48.9 Å². The van der Waals surface area contributed by atoms with Crippen LogP contribution in [0.4, 0.5) is 0 Å². The van der Waals surface area contributed by atoms with Crippen LogP contribution in [0.25, 0.3) is 5.57 Å². The Bertz CT molecular complexity index is 2210. The highest BCUT2D eigenvalue weighted by Gasteiger charge is 2.36. The van der Waals surface area contributed by atoms with Crippen molar-refractivity contribution in [2.24, 2.45) is 17.4 Å². The van der Waals surface area contributed by atoms with Crippen LogP contribution < -0.4 is 38.1 Å². The van der Waals surface area contributed by atoms with Gasteiger partial charge in [0.15, 0.2) is 5.78 Å². The summed E-state index contributed by atoms with van der Waals surface area (Å²) in [6, 6.07) is 14.7. The van der Waals surface area contributed by atoms with Crippen molar-refractivity contribution in [2.75, 3.05) is 18.1 Å². The first-order valence-electron chi connectivity index (χ1n) is 21.9. The molecule has 8 atom stereocenters. The Morgan fingerprint density at radius 1 is 0.788 bits per heavy atom. The molecule has 1 aliphatic heterocycles. The van der Waals surface area contributed by atoms with Gasteiger partial charge in [0.1, 0.15) is 29.9 Å². The minimum atomic E-state index is -1.63. The summed E-state index contributed by atoms with van der Waals surface area (Å²) < 4.78 is 0. The number of phenolic OH excluding ortho intramolecular Hbond substituents is 1. The van der Waals surface area contributed by atoms with Gasteiger partial charge >= 0.3 is 5.97 Å². The van der Waals surface area contributed by atoms with Gasteiger partial charge in [-0.3, -0.25) is 28.8 Å². The second kappa shape index (κ2) is 25.3. The summed E-state index contributed by atoms with van der Waals surface area (Å²) in [6.45, 7) is 1.53. The number of unbranched alkanes of at least 4 members (excludes halogenated alkanes) is 1. The number of nitrogens with two attached hydrogens (primary N) is 2. The maximum absolute atomic E-state index is 14.7. The van der Waals surface area contributed by atoms with E-state index < -0.39 is 96.0 Å². The van der Waals surface area contributed by atoms with Crippen LogP contribution in [-0.4, -0.2) is 117 Å². The van der Waals surface area contributed by atoms with E-state index in [9.17, 15) is 48.9 Å². The molecule has 0 bridgehead atoms. The summed E-state index contributed by atoms with van der Waals surface area (Å²) in [6.07, 6.45) is 1.66. The van der Waals surface area contributed by atoms with E-state index in [1.807, 2.05) is 48.5 Å². The molecule has 17 nitrogen and oxygen atoms in total. The van der Waals surface area contributed by atoms with Crippen LogP contribution in [-0.2, 0) is 52.8 Å². The minimum Gasteiger partial charge on any atom is -0.508 e. The number of aliphatic hydroxyl groups is 1. The lowest BCUT2D eigenvalue weighted by Gasteiger charge is -2.28. The number of phenols is 1. The molecule has 0 unspecified atom stereocenters. The Morgan fingerprint density at radius 3 is 2.15 bits per heavy atom. The molecule has 2 aliphatic rings. The molecule has 3 aromatic rings. The maximum Gasteiger partial charge on any atom is 0.327 e. The normalized spacial score (nSPS) is 23.5. The van der Waals surface area contributed by atoms with Gasteiger partial charge in [-0.05, 0) is 92.0 Å². The van der Waals surface area contributed by atoms with Gasteiger partial charge in [0.25, 0.3) is 0 Å². The van der Waals surface area contributed by atoms with E-state index in [-0.39, 0.29) is 49.5 Å². The molecule has 1 saturated heterocycles. The molecule has 0 spiro atoms. The van der Waals surface area contributed by atoms with Gasteiger partial charge < -0.3 is 53.4 Å². The number of carbonyl (C=O) groups is 7. The number of benzene rings is 3. The fraction of sp³-hybridized carbons (Fsp3) is 0.426. The van der Waals surface area contributed by atoms with Crippen LogP contribution >= 0.6 is 21.6 Å². The number of fused-ring (bicyclic) bond motifs is 1. The molecule has 0 aromatic heterocycles. The molecule has 5 rings (SSSR count). The number of carboxylic acid groups (broad SMARTS) is 1. The summed E-state index contributed by atoms with van der Waals surface area (Å²) in [5.41, 5.74) is 16.1. The van der Waals surface area contributed by atoms with Gasteiger partial charge in [0.05, 0.1) is 18.2 Å². The zero-order valence-corrected chi connectivity index (χ0v) is 38.3. The Hall–Kier alpha value is -5.73. The van der Waals surface area contributed by atoms with E-state index in [4.69, 9.17) is 11.5 Å². The maximum atomic E-state index is 14.7. The summed E-state index contributed by atoms with van der Waals surface area (Å²) in [5.74, 6) is -7.34. The van der Waals surface area contributed by atoms with Crippen molar-refractivity contribution in [3.8, 4) is 5.75 Å². The second-order valence-corrected chi connectivity index (χ2v) is 19.0. The van der Waals surface area contributed by atoms with E-state index >= 15 is 0 Å². The Labute approximate surface area is 391 Å². The average Bonchev–Trinajstić information content (AvgIpc) is 3.70. The number of aliphatic hydroxyl groups excluding tert-OH is 1. The van der Waals surface area contributed by atoms with E-state index in [2.05, 4.69) is 26.6 Å². The quantitative estimate of drug-likeness (QED) is 0.0811. The zero-order chi connectivity index (χ0) is 47.8. The highest BCUT2D eigenvalue weighted by molar-refractivity contribution is 8.76. The molecule has 354 valence electrons. The predicted molar refractivity (Wildman–Crippen MR) is 253 cm³/mol. The van der Waals surface area contributed by atoms with Crippen molar-refractivity contribution in [2.45, 2.75) is 101 Å².